The van der Waals surface area contributed by atoms with Gasteiger partial charge in [-0.2, -0.15) is 0 Å². The number of thiophene rings is 1. The van der Waals surface area contributed by atoms with E-state index in [2.05, 4.69) is 15.3 Å². The average Bonchev–Trinajstić information content (AvgIpc) is 2.62. The highest BCUT2D eigenvalue weighted by Gasteiger charge is 2.13. The summed E-state index contributed by atoms with van der Waals surface area (Å²) in [5, 5.41) is 4.65. The number of hydrogen-bond donors (Lipinski definition) is 1. The van der Waals surface area contributed by atoms with Crippen LogP contribution in [0.3, 0.4) is 0 Å². The Labute approximate surface area is 88.9 Å². The molecule has 72 valence electrons. The molecule has 0 bridgehead atoms. The van der Waals surface area contributed by atoms with Gasteiger partial charge in [-0.15, -0.1) is 11.3 Å². The maximum absolute atomic E-state index is 11.4. The summed E-state index contributed by atoms with van der Waals surface area (Å²) in [6, 6.07) is 0. The molecule has 0 aliphatic rings. The zero-order valence-electron chi connectivity index (χ0n) is 7.24. The number of amides is 1. The van der Waals surface area contributed by atoms with E-state index in [0.29, 0.717) is 16.2 Å². The Balaban J connectivity index is 2.70. The van der Waals surface area contributed by atoms with E-state index in [1.807, 2.05) is 0 Å². The van der Waals surface area contributed by atoms with E-state index in [1.54, 1.807) is 12.4 Å². The van der Waals surface area contributed by atoms with Crippen molar-refractivity contribution in [3.05, 3.63) is 22.4 Å². The maximum atomic E-state index is 11.4. The number of halogens is 1. The van der Waals surface area contributed by atoms with E-state index in [9.17, 15) is 4.79 Å². The minimum absolute atomic E-state index is 0.161. The van der Waals surface area contributed by atoms with E-state index in [-0.39, 0.29) is 5.91 Å². The van der Waals surface area contributed by atoms with Crippen LogP contribution in [0.5, 0.6) is 0 Å². The number of hydrogen-bond acceptors (Lipinski definition) is 4. The Kier molecular flexibility index (Phi) is 2.35. The lowest BCUT2D eigenvalue weighted by Gasteiger charge is -1.96. The van der Waals surface area contributed by atoms with Crippen LogP contribution in [0.25, 0.3) is 10.2 Å². The van der Waals surface area contributed by atoms with Gasteiger partial charge in [0.15, 0.2) is 0 Å². The first-order chi connectivity index (χ1) is 6.74. The molecule has 0 saturated heterocycles. The molecular formula is C8H6ClN3OS. The second kappa shape index (κ2) is 3.51. The number of rotatable bonds is 1. The third kappa shape index (κ3) is 1.34. The second-order valence-electron chi connectivity index (χ2n) is 2.57. The van der Waals surface area contributed by atoms with E-state index < -0.39 is 0 Å². The first-order valence-electron chi connectivity index (χ1n) is 3.84. The molecule has 0 radical (unpaired) electrons. The predicted octanol–water partition coefficient (Wildman–Crippen LogP) is 1.70. The summed E-state index contributed by atoms with van der Waals surface area (Å²) in [6.45, 7) is 0. The van der Waals surface area contributed by atoms with Crippen molar-refractivity contribution < 1.29 is 4.79 Å². The van der Waals surface area contributed by atoms with Crippen molar-refractivity contribution >= 4 is 39.1 Å². The molecule has 0 unspecified atom stereocenters. The van der Waals surface area contributed by atoms with Crippen LogP contribution in [0.2, 0.25) is 5.15 Å². The van der Waals surface area contributed by atoms with Gasteiger partial charge >= 0.3 is 0 Å². The van der Waals surface area contributed by atoms with Crippen LogP contribution in [-0.4, -0.2) is 22.9 Å². The minimum Gasteiger partial charge on any atom is -0.355 e. The fourth-order valence-electron chi connectivity index (χ4n) is 1.12. The molecule has 0 atom stereocenters. The number of nitrogens with zero attached hydrogens (tertiary/aromatic N) is 2. The molecule has 0 fully saturated rings. The first-order valence-corrected chi connectivity index (χ1v) is 5.09. The number of carbonyl (C=O) groups is 1. The van der Waals surface area contributed by atoms with Crippen LogP contribution in [0.1, 0.15) is 10.4 Å². The molecule has 0 aromatic carbocycles. The van der Waals surface area contributed by atoms with Crippen molar-refractivity contribution in [1.82, 2.24) is 15.3 Å². The lowest BCUT2D eigenvalue weighted by molar-refractivity contribution is 0.0965. The van der Waals surface area contributed by atoms with Crippen LogP contribution < -0.4 is 5.32 Å². The van der Waals surface area contributed by atoms with Crippen LogP contribution >= 0.6 is 22.9 Å². The Hall–Kier alpha value is -1.20. The zero-order valence-corrected chi connectivity index (χ0v) is 8.82. The molecule has 0 aliphatic carbocycles. The average molecular weight is 228 g/mol. The smallest absolute Gasteiger partial charge is 0.254 e. The summed E-state index contributed by atoms with van der Waals surface area (Å²) in [7, 11) is 1.58. The molecule has 0 spiro atoms. The van der Waals surface area contributed by atoms with Crippen LogP contribution in [0.4, 0.5) is 0 Å². The number of nitrogens with one attached hydrogen (secondary N) is 1. The van der Waals surface area contributed by atoms with E-state index >= 15 is 0 Å². The van der Waals surface area contributed by atoms with Gasteiger partial charge < -0.3 is 5.32 Å². The molecule has 14 heavy (non-hydrogen) atoms. The standard InChI is InChI=1S/C8H6ClN3OS/c1-10-8(13)4-2-14-6-5(4)11-3-12-7(6)9/h2-3H,1H3,(H,10,13). The van der Waals surface area contributed by atoms with Gasteiger partial charge in [0.2, 0.25) is 0 Å². The molecule has 1 N–H and O–H groups in total. The fourth-order valence-corrected chi connectivity index (χ4v) is 2.26. The van der Waals surface area contributed by atoms with E-state index in [0.717, 1.165) is 4.70 Å². The van der Waals surface area contributed by atoms with Gasteiger partial charge in [0.05, 0.1) is 15.8 Å². The summed E-state index contributed by atoms with van der Waals surface area (Å²) in [5.41, 5.74) is 1.14. The van der Waals surface area contributed by atoms with Gasteiger partial charge in [-0.25, -0.2) is 9.97 Å². The van der Waals surface area contributed by atoms with Crippen molar-refractivity contribution in [3.8, 4) is 0 Å². The Bertz CT molecular complexity index is 496. The minimum atomic E-state index is -0.161. The number of carbonyl (C=O) groups excluding carboxylic acids is 1. The van der Waals surface area contributed by atoms with Crippen LogP contribution in [0, 0.1) is 0 Å². The summed E-state index contributed by atoms with van der Waals surface area (Å²) in [5.74, 6) is -0.161. The molecule has 2 aromatic heterocycles. The SMILES string of the molecule is CNC(=O)c1csc2c(Cl)ncnc12. The second-order valence-corrected chi connectivity index (χ2v) is 3.81. The Morgan fingerprint density at radius 3 is 3.07 bits per heavy atom. The summed E-state index contributed by atoms with van der Waals surface area (Å²) in [4.78, 5) is 19.3. The molecule has 6 heteroatoms. The molecule has 0 saturated carbocycles. The largest absolute Gasteiger partial charge is 0.355 e. The summed E-state index contributed by atoms with van der Waals surface area (Å²) >= 11 is 7.21. The van der Waals surface area contributed by atoms with Gasteiger partial charge in [0.25, 0.3) is 5.91 Å². The first kappa shape index (κ1) is 9.36. The van der Waals surface area contributed by atoms with Gasteiger partial charge in [-0.1, -0.05) is 11.6 Å². The monoisotopic (exact) mass is 227 g/mol. The summed E-state index contributed by atoms with van der Waals surface area (Å²) < 4.78 is 0.743. The lowest BCUT2D eigenvalue weighted by atomic mass is 10.3. The highest BCUT2D eigenvalue weighted by molar-refractivity contribution is 7.18. The van der Waals surface area contributed by atoms with Crippen LogP contribution in [-0.2, 0) is 0 Å². The maximum Gasteiger partial charge on any atom is 0.254 e. The van der Waals surface area contributed by atoms with Crippen molar-refractivity contribution in [3.63, 3.8) is 0 Å². The highest BCUT2D eigenvalue weighted by Crippen LogP contribution is 2.28. The van der Waals surface area contributed by atoms with Gasteiger partial charge in [0, 0.05) is 12.4 Å². The normalized spacial score (nSPS) is 10.4. The van der Waals surface area contributed by atoms with Crippen molar-refractivity contribution in [1.29, 1.82) is 0 Å². The third-order valence-corrected chi connectivity index (χ3v) is 3.16. The predicted molar refractivity (Wildman–Crippen MR) is 55.8 cm³/mol. The third-order valence-electron chi connectivity index (χ3n) is 1.78. The topological polar surface area (TPSA) is 54.9 Å². The van der Waals surface area contributed by atoms with Gasteiger partial charge in [-0.3, -0.25) is 4.79 Å². The van der Waals surface area contributed by atoms with Gasteiger partial charge in [-0.05, 0) is 0 Å². The Morgan fingerprint density at radius 2 is 2.36 bits per heavy atom. The van der Waals surface area contributed by atoms with Gasteiger partial charge in [0.1, 0.15) is 11.5 Å². The van der Waals surface area contributed by atoms with E-state index in [1.165, 1.54) is 17.7 Å². The molecular weight excluding hydrogens is 222 g/mol. The molecule has 2 rings (SSSR count). The lowest BCUT2D eigenvalue weighted by Crippen LogP contribution is -2.17. The summed E-state index contributed by atoms with van der Waals surface area (Å²) in [6.07, 6.45) is 1.35. The van der Waals surface area contributed by atoms with Crippen molar-refractivity contribution in [2.75, 3.05) is 7.05 Å². The van der Waals surface area contributed by atoms with Crippen LogP contribution in [0.15, 0.2) is 11.7 Å². The molecule has 0 aliphatic heterocycles. The van der Waals surface area contributed by atoms with Crippen molar-refractivity contribution in [2.24, 2.45) is 0 Å². The number of fused-ring (bicyclic) bond motifs is 1. The number of aromatic nitrogens is 2. The molecule has 2 heterocycles. The molecule has 2 aromatic rings. The fraction of sp³-hybridized carbons (Fsp3) is 0.125. The Morgan fingerprint density at radius 1 is 1.57 bits per heavy atom. The molecule has 1 amide bonds. The molecule has 4 nitrogen and oxygen atoms in total. The highest BCUT2D eigenvalue weighted by atomic mass is 35.5. The van der Waals surface area contributed by atoms with E-state index in [4.69, 9.17) is 11.6 Å². The zero-order chi connectivity index (χ0) is 10.1. The van der Waals surface area contributed by atoms with Crippen molar-refractivity contribution in [2.45, 2.75) is 0 Å². The quantitative estimate of drug-likeness (QED) is 0.755.